The highest BCUT2D eigenvalue weighted by atomic mass is 35.5. The minimum atomic E-state index is 0. The first kappa shape index (κ1) is 21.3. The summed E-state index contributed by atoms with van der Waals surface area (Å²) in [5, 5.41) is 3.14. The van der Waals surface area contributed by atoms with Crippen molar-refractivity contribution in [3.05, 3.63) is 65.2 Å². The molecule has 0 aromatic heterocycles. The monoisotopic (exact) mass is 388 g/mol. The number of benzene rings is 2. The zero-order valence-corrected chi connectivity index (χ0v) is 16.6. The van der Waals surface area contributed by atoms with E-state index in [1.54, 1.807) is 0 Å². The van der Waals surface area contributed by atoms with Gasteiger partial charge in [-0.2, -0.15) is 0 Å². The van der Waals surface area contributed by atoms with Gasteiger partial charge < -0.3 is 15.8 Å². The molecular formula is C22H29ClN2O2. The fraction of sp³-hybridized carbons (Fsp3) is 0.409. The van der Waals surface area contributed by atoms with E-state index in [4.69, 9.17) is 10.5 Å². The van der Waals surface area contributed by atoms with Crippen LogP contribution in [0.4, 0.5) is 0 Å². The molecule has 4 nitrogen and oxygen atoms in total. The van der Waals surface area contributed by atoms with Crippen molar-refractivity contribution in [3.8, 4) is 5.75 Å². The third-order valence-electron chi connectivity index (χ3n) is 5.06. The molecule has 3 N–H and O–H groups in total. The van der Waals surface area contributed by atoms with Crippen molar-refractivity contribution in [2.45, 2.75) is 57.7 Å². The Morgan fingerprint density at radius 1 is 1.11 bits per heavy atom. The highest BCUT2D eigenvalue weighted by molar-refractivity contribution is 5.85. The summed E-state index contributed by atoms with van der Waals surface area (Å²) in [6.45, 7) is 2.61. The fourth-order valence-electron chi connectivity index (χ4n) is 3.41. The smallest absolute Gasteiger partial charge is 0.224 e. The largest absolute Gasteiger partial charge is 0.489 e. The van der Waals surface area contributed by atoms with Crippen molar-refractivity contribution >= 4 is 18.3 Å². The average Bonchev–Trinajstić information content (AvgIpc) is 2.63. The number of hydrogen-bond donors (Lipinski definition) is 2. The van der Waals surface area contributed by atoms with E-state index in [-0.39, 0.29) is 24.4 Å². The zero-order valence-electron chi connectivity index (χ0n) is 15.8. The molecule has 1 aliphatic carbocycles. The van der Waals surface area contributed by atoms with E-state index in [2.05, 4.69) is 24.4 Å². The summed E-state index contributed by atoms with van der Waals surface area (Å²) < 4.78 is 5.91. The Morgan fingerprint density at radius 2 is 1.85 bits per heavy atom. The number of ether oxygens (including phenoxy) is 1. The molecule has 0 radical (unpaired) electrons. The van der Waals surface area contributed by atoms with E-state index in [1.807, 2.05) is 36.4 Å². The molecule has 1 saturated carbocycles. The summed E-state index contributed by atoms with van der Waals surface area (Å²) in [4.78, 5) is 12.3. The number of rotatable bonds is 6. The normalized spacial score (nSPS) is 19.0. The van der Waals surface area contributed by atoms with Gasteiger partial charge in [0, 0.05) is 12.1 Å². The Kier molecular flexibility index (Phi) is 8.14. The number of carbonyl (C=O) groups is 1. The number of halogens is 1. The quantitative estimate of drug-likeness (QED) is 0.788. The van der Waals surface area contributed by atoms with E-state index in [0.29, 0.717) is 19.1 Å². The van der Waals surface area contributed by atoms with Gasteiger partial charge in [0.25, 0.3) is 0 Å². The van der Waals surface area contributed by atoms with Crippen LogP contribution >= 0.6 is 12.4 Å². The molecule has 2 aromatic rings. The van der Waals surface area contributed by atoms with Gasteiger partial charge in [-0.05, 0) is 61.4 Å². The van der Waals surface area contributed by atoms with Crippen LogP contribution in [0.2, 0.25) is 0 Å². The molecule has 1 fully saturated rings. The van der Waals surface area contributed by atoms with Gasteiger partial charge in [0.15, 0.2) is 0 Å². The lowest BCUT2D eigenvalue weighted by atomic mass is 9.91. The Bertz CT molecular complexity index is 743. The lowest BCUT2D eigenvalue weighted by molar-refractivity contribution is -0.121. The van der Waals surface area contributed by atoms with Gasteiger partial charge in [-0.1, -0.05) is 36.4 Å². The number of aryl methyl sites for hydroxylation is 1. The van der Waals surface area contributed by atoms with Crippen LogP contribution in [0.3, 0.4) is 0 Å². The average molecular weight is 389 g/mol. The van der Waals surface area contributed by atoms with Crippen LogP contribution in [-0.2, 0) is 17.8 Å². The van der Waals surface area contributed by atoms with Gasteiger partial charge in [0.2, 0.25) is 5.91 Å². The van der Waals surface area contributed by atoms with E-state index >= 15 is 0 Å². The van der Waals surface area contributed by atoms with Gasteiger partial charge in [-0.3, -0.25) is 4.79 Å². The predicted molar refractivity (Wildman–Crippen MR) is 111 cm³/mol. The Morgan fingerprint density at radius 3 is 2.59 bits per heavy atom. The molecule has 1 aliphatic rings. The van der Waals surface area contributed by atoms with Crippen LogP contribution in [0.15, 0.2) is 48.5 Å². The third-order valence-corrected chi connectivity index (χ3v) is 5.06. The van der Waals surface area contributed by atoms with Gasteiger partial charge in [0.05, 0.1) is 6.42 Å². The van der Waals surface area contributed by atoms with Crippen molar-refractivity contribution in [1.29, 1.82) is 0 Å². The second-order valence-electron chi connectivity index (χ2n) is 7.22. The van der Waals surface area contributed by atoms with E-state index in [0.717, 1.165) is 37.0 Å². The lowest BCUT2D eigenvalue weighted by Gasteiger charge is -2.26. The van der Waals surface area contributed by atoms with Crippen LogP contribution in [0.5, 0.6) is 5.75 Å². The third kappa shape index (κ3) is 6.56. The van der Waals surface area contributed by atoms with Gasteiger partial charge in [-0.15, -0.1) is 12.4 Å². The molecule has 0 bridgehead atoms. The maximum Gasteiger partial charge on any atom is 0.224 e. The van der Waals surface area contributed by atoms with Crippen molar-refractivity contribution in [1.82, 2.24) is 5.32 Å². The topological polar surface area (TPSA) is 64.3 Å². The van der Waals surface area contributed by atoms with Crippen LogP contribution in [0.25, 0.3) is 0 Å². The van der Waals surface area contributed by atoms with E-state index in [1.165, 1.54) is 11.1 Å². The predicted octanol–water partition coefficient (Wildman–Crippen LogP) is 3.92. The molecule has 146 valence electrons. The van der Waals surface area contributed by atoms with E-state index < -0.39 is 0 Å². The molecule has 0 spiro atoms. The van der Waals surface area contributed by atoms with Crippen LogP contribution in [0.1, 0.15) is 42.4 Å². The molecule has 0 aliphatic heterocycles. The Hall–Kier alpha value is -2.04. The minimum Gasteiger partial charge on any atom is -0.489 e. The highest BCUT2D eigenvalue weighted by Gasteiger charge is 2.20. The molecule has 3 rings (SSSR count). The minimum absolute atomic E-state index is 0. The summed E-state index contributed by atoms with van der Waals surface area (Å²) in [5.41, 5.74) is 9.28. The molecular weight excluding hydrogens is 360 g/mol. The Labute approximate surface area is 167 Å². The molecule has 0 heterocycles. The standard InChI is InChI=1S/C22H28N2O2.ClH/c1-16-5-2-3-7-18(16)15-26-21-8-4-6-17(13-21)14-22(25)24-20-11-9-19(23)10-12-20;/h2-8,13,19-20H,9-12,14-15,23H2,1H3,(H,24,25);1H. The zero-order chi connectivity index (χ0) is 18.4. The molecule has 5 heteroatoms. The second kappa shape index (κ2) is 10.3. The van der Waals surface area contributed by atoms with Crippen LogP contribution in [-0.4, -0.2) is 18.0 Å². The Balaban J connectivity index is 0.00000261. The summed E-state index contributed by atoms with van der Waals surface area (Å²) in [5.74, 6) is 0.865. The number of amides is 1. The summed E-state index contributed by atoms with van der Waals surface area (Å²) in [6, 6.07) is 16.6. The molecule has 27 heavy (non-hydrogen) atoms. The number of nitrogens with two attached hydrogens (primary N) is 1. The SMILES string of the molecule is Cc1ccccc1COc1cccc(CC(=O)NC2CCC(N)CC2)c1.Cl. The first-order chi connectivity index (χ1) is 12.6. The molecule has 2 aromatic carbocycles. The second-order valence-corrected chi connectivity index (χ2v) is 7.22. The van der Waals surface area contributed by atoms with Gasteiger partial charge >= 0.3 is 0 Å². The lowest BCUT2D eigenvalue weighted by Crippen LogP contribution is -2.41. The maximum absolute atomic E-state index is 12.3. The summed E-state index contributed by atoms with van der Waals surface area (Å²) in [6.07, 6.45) is 4.32. The fourth-order valence-corrected chi connectivity index (χ4v) is 3.41. The number of carbonyl (C=O) groups excluding carboxylic acids is 1. The van der Waals surface area contributed by atoms with E-state index in [9.17, 15) is 4.79 Å². The molecule has 0 atom stereocenters. The highest BCUT2D eigenvalue weighted by Crippen LogP contribution is 2.19. The number of nitrogens with one attached hydrogen (secondary N) is 1. The van der Waals surface area contributed by atoms with Gasteiger partial charge in [-0.25, -0.2) is 0 Å². The molecule has 1 amide bonds. The van der Waals surface area contributed by atoms with Gasteiger partial charge in [0.1, 0.15) is 12.4 Å². The maximum atomic E-state index is 12.3. The summed E-state index contributed by atoms with van der Waals surface area (Å²) >= 11 is 0. The van der Waals surface area contributed by atoms with Crippen molar-refractivity contribution in [3.63, 3.8) is 0 Å². The molecule has 0 saturated heterocycles. The number of hydrogen-bond acceptors (Lipinski definition) is 3. The van der Waals surface area contributed by atoms with Crippen LogP contribution < -0.4 is 15.8 Å². The van der Waals surface area contributed by atoms with Crippen LogP contribution in [0, 0.1) is 6.92 Å². The first-order valence-corrected chi connectivity index (χ1v) is 9.41. The van der Waals surface area contributed by atoms with Crippen molar-refractivity contribution < 1.29 is 9.53 Å². The summed E-state index contributed by atoms with van der Waals surface area (Å²) in [7, 11) is 0. The van der Waals surface area contributed by atoms with Crippen molar-refractivity contribution in [2.75, 3.05) is 0 Å². The molecule has 0 unspecified atom stereocenters. The first-order valence-electron chi connectivity index (χ1n) is 9.41. The van der Waals surface area contributed by atoms with Crippen molar-refractivity contribution in [2.24, 2.45) is 5.73 Å².